The summed E-state index contributed by atoms with van der Waals surface area (Å²) >= 11 is 0. The molecule has 0 bridgehead atoms. The average Bonchev–Trinajstić information content (AvgIpc) is 2.68. The van der Waals surface area contributed by atoms with E-state index in [0.29, 0.717) is 0 Å². The Bertz CT molecular complexity index is 772. The van der Waals surface area contributed by atoms with Gasteiger partial charge in [0.05, 0.1) is 0 Å². The van der Waals surface area contributed by atoms with Gasteiger partial charge in [-0.15, -0.1) is 0 Å². The highest BCUT2D eigenvalue weighted by atomic mass is 14.1. The van der Waals surface area contributed by atoms with Crippen LogP contribution < -0.4 is 0 Å². The van der Waals surface area contributed by atoms with E-state index in [0.717, 1.165) is 19.3 Å². The molecule has 0 saturated heterocycles. The molecule has 0 aliphatic carbocycles. The third-order valence-electron chi connectivity index (χ3n) is 4.96. The van der Waals surface area contributed by atoms with Gasteiger partial charge in [0.15, 0.2) is 0 Å². The molecular formula is C26H32. The Kier molecular flexibility index (Phi) is 7.66. The molecule has 0 radical (unpaired) electrons. The third kappa shape index (κ3) is 5.59. The molecule has 26 heavy (non-hydrogen) atoms. The number of aryl methyl sites for hydroxylation is 4. The Labute approximate surface area is 159 Å². The zero-order chi connectivity index (χ0) is 18.9. The van der Waals surface area contributed by atoms with Crippen LogP contribution in [0.25, 0.3) is 0 Å². The predicted molar refractivity (Wildman–Crippen MR) is 115 cm³/mol. The van der Waals surface area contributed by atoms with E-state index in [-0.39, 0.29) is 0 Å². The standard InChI is InChI=1S/C24H26.C2H6/c1-18-15-24(16-19(2)20(18)3)14-11-21-9-12-23(13-10-21)17-22-7-5-4-6-8-22;1-2/h4-10,12-13,15-16H,11,14,17H2,1-3H3;1-2H3. The van der Waals surface area contributed by atoms with Crippen LogP contribution in [0.2, 0.25) is 0 Å². The highest BCUT2D eigenvalue weighted by Gasteiger charge is 2.02. The summed E-state index contributed by atoms with van der Waals surface area (Å²) in [7, 11) is 0. The lowest BCUT2D eigenvalue weighted by molar-refractivity contribution is 0.951. The van der Waals surface area contributed by atoms with E-state index in [1.54, 1.807) is 0 Å². The van der Waals surface area contributed by atoms with Crippen molar-refractivity contribution in [1.82, 2.24) is 0 Å². The maximum absolute atomic E-state index is 2.34. The Morgan fingerprint density at radius 1 is 0.538 bits per heavy atom. The van der Waals surface area contributed by atoms with Gasteiger partial charge >= 0.3 is 0 Å². The molecule has 0 fully saturated rings. The number of benzene rings is 3. The van der Waals surface area contributed by atoms with Crippen LogP contribution in [0.15, 0.2) is 66.7 Å². The summed E-state index contributed by atoms with van der Waals surface area (Å²) in [6, 6.07) is 24.5. The molecule has 0 nitrogen and oxygen atoms in total. The minimum Gasteiger partial charge on any atom is -0.0683 e. The van der Waals surface area contributed by atoms with Crippen LogP contribution in [0.3, 0.4) is 0 Å². The van der Waals surface area contributed by atoms with Gasteiger partial charge in [0, 0.05) is 0 Å². The zero-order valence-electron chi connectivity index (χ0n) is 17.0. The van der Waals surface area contributed by atoms with Gasteiger partial charge in [-0.2, -0.15) is 0 Å². The van der Waals surface area contributed by atoms with E-state index in [4.69, 9.17) is 0 Å². The van der Waals surface area contributed by atoms with Crippen molar-refractivity contribution in [3.05, 3.63) is 106 Å². The lowest BCUT2D eigenvalue weighted by Crippen LogP contribution is -1.96. The molecule has 0 aliphatic rings. The molecule has 0 aromatic heterocycles. The van der Waals surface area contributed by atoms with Gasteiger partial charge in [-0.25, -0.2) is 0 Å². The van der Waals surface area contributed by atoms with Crippen LogP contribution in [0.1, 0.15) is 52.8 Å². The molecule has 136 valence electrons. The fourth-order valence-electron chi connectivity index (χ4n) is 3.21. The quantitative estimate of drug-likeness (QED) is 0.467. The molecule has 0 atom stereocenters. The first-order valence-corrected chi connectivity index (χ1v) is 9.80. The molecule has 3 rings (SSSR count). The molecule has 0 heteroatoms. The van der Waals surface area contributed by atoms with Gasteiger partial charge in [0.25, 0.3) is 0 Å². The molecule has 0 heterocycles. The van der Waals surface area contributed by atoms with E-state index in [1.807, 2.05) is 13.8 Å². The molecule has 0 N–H and O–H groups in total. The lowest BCUT2D eigenvalue weighted by Gasteiger charge is -2.10. The SMILES string of the molecule is CC.Cc1cc(CCc2ccc(Cc3ccccc3)cc2)cc(C)c1C. The van der Waals surface area contributed by atoms with Gasteiger partial charge in [-0.05, 0) is 79.0 Å². The van der Waals surface area contributed by atoms with Gasteiger partial charge in [0.1, 0.15) is 0 Å². The van der Waals surface area contributed by atoms with Crippen molar-refractivity contribution < 1.29 is 0 Å². The lowest BCUT2D eigenvalue weighted by atomic mass is 9.96. The van der Waals surface area contributed by atoms with Gasteiger partial charge < -0.3 is 0 Å². The van der Waals surface area contributed by atoms with Gasteiger partial charge in [-0.3, -0.25) is 0 Å². The number of hydrogen-bond donors (Lipinski definition) is 0. The van der Waals surface area contributed by atoms with Crippen LogP contribution in [-0.4, -0.2) is 0 Å². The minimum atomic E-state index is 1.01. The van der Waals surface area contributed by atoms with Crippen LogP contribution in [0.4, 0.5) is 0 Å². The van der Waals surface area contributed by atoms with Crippen molar-refractivity contribution >= 4 is 0 Å². The Hall–Kier alpha value is -2.34. The normalized spacial score (nSPS) is 10.2. The first kappa shape index (κ1) is 20.0. The highest BCUT2D eigenvalue weighted by Crippen LogP contribution is 2.18. The molecule has 3 aromatic rings. The second kappa shape index (κ2) is 9.97. The van der Waals surface area contributed by atoms with Crippen molar-refractivity contribution in [2.75, 3.05) is 0 Å². The second-order valence-electron chi connectivity index (χ2n) is 6.83. The molecule has 0 aliphatic heterocycles. The predicted octanol–water partition coefficient (Wildman–Crippen LogP) is 7.01. The van der Waals surface area contributed by atoms with Crippen molar-refractivity contribution in [3.63, 3.8) is 0 Å². The van der Waals surface area contributed by atoms with Crippen molar-refractivity contribution in [3.8, 4) is 0 Å². The highest BCUT2D eigenvalue weighted by molar-refractivity contribution is 5.37. The number of rotatable bonds is 5. The smallest absolute Gasteiger partial charge is 0.00258 e. The average molecular weight is 345 g/mol. The van der Waals surface area contributed by atoms with E-state index in [9.17, 15) is 0 Å². The first-order chi connectivity index (χ1) is 12.6. The van der Waals surface area contributed by atoms with Crippen LogP contribution >= 0.6 is 0 Å². The molecule has 0 amide bonds. The van der Waals surface area contributed by atoms with Crippen molar-refractivity contribution in [1.29, 1.82) is 0 Å². The Morgan fingerprint density at radius 3 is 1.58 bits per heavy atom. The minimum absolute atomic E-state index is 1.01. The van der Waals surface area contributed by atoms with E-state index >= 15 is 0 Å². The number of hydrogen-bond acceptors (Lipinski definition) is 0. The summed E-state index contributed by atoms with van der Waals surface area (Å²) in [5.74, 6) is 0. The zero-order valence-corrected chi connectivity index (χ0v) is 17.0. The van der Waals surface area contributed by atoms with Crippen molar-refractivity contribution in [2.24, 2.45) is 0 Å². The van der Waals surface area contributed by atoms with E-state index < -0.39 is 0 Å². The van der Waals surface area contributed by atoms with Crippen molar-refractivity contribution in [2.45, 2.75) is 53.9 Å². The monoisotopic (exact) mass is 344 g/mol. The van der Waals surface area contributed by atoms with Crippen LogP contribution in [0.5, 0.6) is 0 Å². The second-order valence-corrected chi connectivity index (χ2v) is 6.83. The molecule has 3 aromatic carbocycles. The third-order valence-corrected chi connectivity index (χ3v) is 4.96. The van der Waals surface area contributed by atoms with Crippen LogP contribution in [0, 0.1) is 20.8 Å². The Morgan fingerprint density at radius 2 is 1.00 bits per heavy atom. The van der Waals surface area contributed by atoms with Gasteiger partial charge in [0.2, 0.25) is 0 Å². The molecule has 0 unspecified atom stereocenters. The summed E-state index contributed by atoms with van der Waals surface area (Å²) in [6.07, 6.45) is 3.23. The summed E-state index contributed by atoms with van der Waals surface area (Å²) in [6.45, 7) is 10.6. The maximum Gasteiger partial charge on any atom is -0.00258 e. The summed E-state index contributed by atoms with van der Waals surface area (Å²) in [4.78, 5) is 0. The fraction of sp³-hybridized carbons (Fsp3) is 0.308. The topological polar surface area (TPSA) is 0 Å². The molecule has 0 spiro atoms. The van der Waals surface area contributed by atoms with Crippen LogP contribution in [-0.2, 0) is 19.3 Å². The van der Waals surface area contributed by atoms with E-state index in [2.05, 4.69) is 87.5 Å². The molecule has 0 saturated carbocycles. The summed E-state index contributed by atoms with van der Waals surface area (Å²) in [5.41, 5.74) is 9.85. The maximum atomic E-state index is 2.34. The van der Waals surface area contributed by atoms with Gasteiger partial charge in [-0.1, -0.05) is 80.6 Å². The first-order valence-electron chi connectivity index (χ1n) is 9.80. The summed E-state index contributed by atoms with van der Waals surface area (Å²) < 4.78 is 0. The fourth-order valence-corrected chi connectivity index (χ4v) is 3.21. The molecular weight excluding hydrogens is 312 g/mol. The Balaban J connectivity index is 0.00000117. The summed E-state index contributed by atoms with van der Waals surface area (Å²) in [5, 5.41) is 0. The van der Waals surface area contributed by atoms with E-state index in [1.165, 1.54) is 38.9 Å². The largest absolute Gasteiger partial charge is 0.0683 e.